The van der Waals surface area contributed by atoms with Crippen molar-refractivity contribution in [3.63, 3.8) is 0 Å². The Morgan fingerprint density at radius 1 is 0.676 bits per heavy atom. The fourth-order valence-corrected chi connectivity index (χ4v) is 7.37. The van der Waals surface area contributed by atoms with Crippen molar-refractivity contribution in [2.45, 2.75) is 202 Å². The van der Waals surface area contributed by atoms with Gasteiger partial charge in [-0.05, 0) is 82.4 Å². The van der Waals surface area contributed by atoms with E-state index in [1.807, 2.05) is 34.6 Å². The Morgan fingerprint density at radius 2 is 1.21 bits per heavy atom. The van der Waals surface area contributed by atoms with E-state index in [9.17, 15) is 48.3 Å². The molecule has 0 aliphatic carbocycles. The summed E-state index contributed by atoms with van der Waals surface area (Å²) in [6.45, 7) is 23.0. The maximum atomic E-state index is 14.6. The van der Waals surface area contributed by atoms with Crippen molar-refractivity contribution in [3.05, 3.63) is 29.8 Å². The van der Waals surface area contributed by atoms with Crippen molar-refractivity contribution >= 4 is 53.2 Å². The number of esters is 1. The van der Waals surface area contributed by atoms with Crippen LogP contribution in [0.2, 0.25) is 0 Å². The molecular formula is C52H87N7O12. The second-order valence-electron chi connectivity index (χ2n) is 20.5. The normalized spacial score (nSPS) is 15.8. The molecule has 0 bridgehead atoms. The van der Waals surface area contributed by atoms with E-state index in [0.29, 0.717) is 37.0 Å². The molecule has 10 atom stereocenters. The Morgan fingerprint density at radius 3 is 1.72 bits per heavy atom. The molecule has 9 N–H and O–H groups in total. The molecule has 0 aromatic heterocycles. The van der Waals surface area contributed by atoms with Gasteiger partial charge < -0.3 is 52.2 Å². The van der Waals surface area contributed by atoms with Gasteiger partial charge in [-0.15, -0.1) is 0 Å². The highest BCUT2D eigenvalue weighted by atomic mass is 16.5. The molecule has 0 saturated carbocycles. The van der Waals surface area contributed by atoms with E-state index in [1.54, 1.807) is 72.7 Å². The zero-order valence-corrected chi connectivity index (χ0v) is 44.8. The van der Waals surface area contributed by atoms with Crippen LogP contribution in [0.3, 0.4) is 0 Å². The van der Waals surface area contributed by atoms with Crippen LogP contribution < -0.4 is 42.4 Å². The molecule has 1 aromatic rings. The number of nitrogens with one attached hydrogen (secondary N) is 6. The van der Waals surface area contributed by atoms with Gasteiger partial charge in [-0.3, -0.25) is 33.6 Å². The molecule has 0 saturated heterocycles. The molecule has 19 heteroatoms. The van der Waals surface area contributed by atoms with Crippen molar-refractivity contribution in [2.24, 2.45) is 35.3 Å². The molecule has 0 fully saturated rings. The number of hydrogen-bond donors (Lipinski definition) is 8. The maximum Gasteiger partial charge on any atom is 0.329 e. The number of rotatable bonds is 32. The minimum Gasteiger partial charge on any atom is -0.488 e. The summed E-state index contributed by atoms with van der Waals surface area (Å²) in [7, 11) is 1.43. The average molecular weight is 1000 g/mol. The SMILES string of the molecule is CCCC[C@H](N)C(=O)N[C@H](C(=O)N[C@@H](Cc1ccc(OC(C)(C)C)cc1)C(=O)N[C@H](C(=O)O[C@H](C)[C@H](NC(=O)[C@H](CCC(=O)NC)CC(=O)C(C)C)C(=O)N[C@@H](CC(C)C)C(=O)O)[C@@H](C)CC)[C@@H](C)CC. The lowest BCUT2D eigenvalue weighted by molar-refractivity contribution is -0.158. The summed E-state index contributed by atoms with van der Waals surface area (Å²) in [5.74, 6) is -8.82. The fourth-order valence-electron chi connectivity index (χ4n) is 7.37. The quantitative estimate of drug-likeness (QED) is 0.0469. The van der Waals surface area contributed by atoms with Crippen LogP contribution in [0.15, 0.2) is 24.3 Å². The number of carboxylic acids is 1. The molecule has 0 heterocycles. The number of carbonyl (C=O) groups is 9. The lowest BCUT2D eigenvalue weighted by atomic mass is 9.91. The highest BCUT2D eigenvalue weighted by Crippen LogP contribution is 2.21. The number of aliphatic carboxylic acids is 1. The number of benzene rings is 1. The lowest BCUT2D eigenvalue weighted by Crippen LogP contribution is -2.60. The third kappa shape index (κ3) is 23.0. The van der Waals surface area contributed by atoms with Crippen LogP contribution in [0.4, 0.5) is 0 Å². The Labute approximate surface area is 421 Å². The number of carboxylic acid groups (broad SMARTS) is 1. The summed E-state index contributed by atoms with van der Waals surface area (Å²) in [6, 6.07) is -0.744. The first kappa shape index (κ1) is 63.4. The monoisotopic (exact) mass is 1000 g/mol. The molecule has 1 aromatic carbocycles. The third-order valence-electron chi connectivity index (χ3n) is 12.3. The number of ether oxygens (including phenoxy) is 2. The highest BCUT2D eigenvalue weighted by Gasteiger charge is 2.39. The lowest BCUT2D eigenvalue weighted by Gasteiger charge is -2.31. The second-order valence-corrected chi connectivity index (χ2v) is 20.5. The topological polar surface area (TPSA) is 291 Å². The smallest absolute Gasteiger partial charge is 0.329 e. The molecule has 402 valence electrons. The maximum absolute atomic E-state index is 14.6. The largest absolute Gasteiger partial charge is 0.488 e. The van der Waals surface area contributed by atoms with Gasteiger partial charge in [0, 0.05) is 38.1 Å². The minimum absolute atomic E-state index is 0.0270. The molecule has 19 nitrogen and oxygen atoms in total. The molecular weight excluding hydrogens is 915 g/mol. The van der Waals surface area contributed by atoms with E-state index in [1.165, 1.54) is 14.0 Å². The molecule has 1 rings (SSSR count). The van der Waals surface area contributed by atoms with Gasteiger partial charge in [0.2, 0.25) is 35.4 Å². The predicted octanol–water partition coefficient (Wildman–Crippen LogP) is 4.26. The van der Waals surface area contributed by atoms with Gasteiger partial charge in [0.1, 0.15) is 53.4 Å². The van der Waals surface area contributed by atoms with Crippen molar-refractivity contribution in [1.82, 2.24) is 31.9 Å². The summed E-state index contributed by atoms with van der Waals surface area (Å²) in [4.78, 5) is 122. The van der Waals surface area contributed by atoms with Gasteiger partial charge in [-0.25, -0.2) is 9.59 Å². The summed E-state index contributed by atoms with van der Waals surface area (Å²) in [5, 5.41) is 25.9. The number of unbranched alkanes of at least 4 members (excludes halogenated alkanes) is 1. The van der Waals surface area contributed by atoms with Crippen LogP contribution in [0, 0.1) is 29.6 Å². The Balaban J connectivity index is 3.77. The Hall–Kier alpha value is -5.59. The van der Waals surface area contributed by atoms with Gasteiger partial charge in [0.25, 0.3) is 0 Å². The number of Topliss-reactive ketones (excluding diaryl/α,β-unsaturated/α-hetero) is 1. The summed E-state index contributed by atoms with van der Waals surface area (Å²) < 4.78 is 11.9. The molecule has 6 amide bonds. The van der Waals surface area contributed by atoms with E-state index in [2.05, 4.69) is 31.9 Å². The fraction of sp³-hybridized carbons (Fsp3) is 0.712. The van der Waals surface area contributed by atoms with Crippen molar-refractivity contribution in [2.75, 3.05) is 7.05 Å². The first-order chi connectivity index (χ1) is 33.1. The number of carbonyl (C=O) groups excluding carboxylic acids is 8. The summed E-state index contributed by atoms with van der Waals surface area (Å²) in [5.41, 5.74) is 6.31. The van der Waals surface area contributed by atoms with Crippen LogP contribution in [-0.4, -0.2) is 113 Å². The number of ketones is 1. The zero-order valence-electron chi connectivity index (χ0n) is 44.8. The number of hydrogen-bond acceptors (Lipinski definition) is 12. The molecule has 0 aliphatic rings. The van der Waals surface area contributed by atoms with E-state index >= 15 is 0 Å². The van der Waals surface area contributed by atoms with E-state index < -0.39 is 107 Å². The highest BCUT2D eigenvalue weighted by molar-refractivity contribution is 5.96. The predicted molar refractivity (Wildman–Crippen MR) is 270 cm³/mol. The minimum atomic E-state index is -1.70. The molecule has 0 unspecified atom stereocenters. The zero-order chi connectivity index (χ0) is 54.3. The van der Waals surface area contributed by atoms with Crippen LogP contribution >= 0.6 is 0 Å². The van der Waals surface area contributed by atoms with Crippen LogP contribution in [0.1, 0.15) is 153 Å². The Kier molecular flexibility index (Phi) is 27.7. The third-order valence-corrected chi connectivity index (χ3v) is 12.3. The molecule has 0 spiro atoms. The number of amides is 6. The number of nitrogens with two attached hydrogens (primary N) is 1. The van der Waals surface area contributed by atoms with Gasteiger partial charge in [-0.1, -0.05) is 100 Å². The standard InChI is InChI=1S/C52H87N7O12/c1-15-18-19-37(53)46(63)57-42(31(8)16-2)48(65)55-38(27-34-20-23-36(24-21-34)71-52(11,12)13)47(64)58-43(32(9)17-3)51(69)70-33(10)44(49(66)56-39(50(67)68)26-29(4)5)59-45(62)35(22-25-41(61)54-14)28-40(60)30(6)7/h20-21,23-24,29-33,35,37-39,42-44H,15-19,22,25-28,53H2,1-14H3,(H,54,61)(H,55,65)(H,56,66)(H,57,63)(H,58,64)(H,59,62)(H,67,68)/t31-,32-,33+,35+,37-,38-,39-,42-,43-,44-/m0/s1. The summed E-state index contributed by atoms with van der Waals surface area (Å²) in [6.07, 6.45) is 0.818. The molecule has 0 radical (unpaired) electrons. The van der Waals surface area contributed by atoms with E-state index in [0.717, 1.165) is 6.42 Å². The molecule has 71 heavy (non-hydrogen) atoms. The van der Waals surface area contributed by atoms with Crippen molar-refractivity contribution < 1.29 is 57.7 Å². The summed E-state index contributed by atoms with van der Waals surface area (Å²) >= 11 is 0. The van der Waals surface area contributed by atoms with Crippen LogP contribution in [-0.2, 0) is 54.3 Å². The van der Waals surface area contributed by atoms with E-state index in [-0.39, 0.29) is 55.6 Å². The van der Waals surface area contributed by atoms with E-state index in [4.69, 9.17) is 15.2 Å². The van der Waals surface area contributed by atoms with Crippen LogP contribution in [0.5, 0.6) is 5.75 Å². The van der Waals surface area contributed by atoms with Crippen LogP contribution in [0.25, 0.3) is 0 Å². The Bertz CT molecular complexity index is 1920. The van der Waals surface area contributed by atoms with Gasteiger partial charge >= 0.3 is 11.9 Å². The van der Waals surface area contributed by atoms with Gasteiger partial charge in [0.15, 0.2) is 0 Å². The van der Waals surface area contributed by atoms with Gasteiger partial charge in [0.05, 0.1) is 6.04 Å². The van der Waals surface area contributed by atoms with Gasteiger partial charge in [-0.2, -0.15) is 0 Å². The first-order valence-corrected chi connectivity index (χ1v) is 25.3. The first-order valence-electron chi connectivity index (χ1n) is 25.3. The molecule has 0 aliphatic heterocycles. The van der Waals surface area contributed by atoms with Crippen molar-refractivity contribution in [3.8, 4) is 5.75 Å². The average Bonchev–Trinajstić information content (AvgIpc) is 3.30. The van der Waals surface area contributed by atoms with Crippen molar-refractivity contribution in [1.29, 1.82) is 0 Å². The second kappa shape index (κ2) is 31.0.